The van der Waals surface area contributed by atoms with Crippen LogP contribution in [0.4, 0.5) is 4.79 Å². The standard InChI is InChI=1S/C15H26N4O2S/c1-12-11-22-14(17-12)4-5-16-15(20)19-6-7-21-10-13(9-19)8-18(2)3/h11,13H,4-10H2,1-3H3,(H,16,20). The third kappa shape index (κ3) is 5.55. The summed E-state index contributed by atoms with van der Waals surface area (Å²) in [5, 5.41) is 6.10. The molecule has 2 amide bonds. The second kappa shape index (κ2) is 8.45. The molecule has 0 spiro atoms. The molecule has 1 N–H and O–H groups in total. The van der Waals surface area contributed by atoms with Crippen LogP contribution in [-0.4, -0.2) is 74.3 Å². The van der Waals surface area contributed by atoms with E-state index in [0.717, 1.165) is 36.8 Å². The first kappa shape index (κ1) is 17.2. The highest BCUT2D eigenvalue weighted by Gasteiger charge is 2.22. The number of aryl methyl sites for hydroxylation is 1. The van der Waals surface area contributed by atoms with Crippen molar-refractivity contribution in [3.63, 3.8) is 0 Å². The molecule has 6 nitrogen and oxygen atoms in total. The minimum absolute atomic E-state index is 0.00235. The van der Waals surface area contributed by atoms with Crippen molar-refractivity contribution >= 4 is 17.4 Å². The van der Waals surface area contributed by atoms with Crippen molar-refractivity contribution in [2.24, 2.45) is 5.92 Å². The normalized spacial score (nSPS) is 19.3. The first-order chi connectivity index (χ1) is 10.5. The van der Waals surface area contributed by atoms with Gasteiger partial charge in [-0.05, 0) is 21.0 Å². The van der Waals surface area contributed by atoms with Gasteiger partial charge in [-0.25, -0.2) is 9.78 Å². The molecule has 1 aromatic heterocycles. The number of ether oxygens (including phenoxy) is 1. The second-order valence-corrected chi connectivity index (χ2v) is 6.96. The summed E-state index contributed by atoms with van der Waals surface area (Å²) in [7, 11) is 4.09. The molecule has 0 aromatic carbocycles. The Bertz CT molecular complexity index is 478. The van der Waals surface area contributed by atoms with E-state index in [1.807, 2.05) is 31.3 Å². The minimum Gasteiger partial charge on any atom is -0.379 e. The minimum atomic E-state index is 0.00235. The smallest absolute Gasteiger partial charge is 0.317 e. The van der Waals surface area contributed by atoms with E-state index in [9.17, 15) is 4.79 Å². The predicted octanol–water partition coefficient (Wildman–Crippen LogP) is 1.21. The zero-order valence-corrected chi connectivity index (χ0v) is 14.5. The Balaban J connectivity index is 1.77. The van der Waals surface area contributed by atoms with Crippen LogP contribution >= 0.6 is 11.3 Å². The first-order valence-corrected chi connectivity index (χ1v) is 8.59. The van der Waals surface area contributed by atoms with Crippen LogP contribution in [-0.2, 0) is 11.2 Å². The quantitative estimate of drug-likeness (QED) is 0.884. The maximum absolute atomic E-state index is 12.3. The predicted molar refractivity (Wildman–Crippen MR) is 88.4 cm³/mol. The number of urea groups is 1. The SMILES string of the molecule is Cc1csc(CCNC(=O)N2CCOCC(CN(C)C)C2)n1. The molecule has 0 aliphatic carbocycles. The lowest BCUT2D eigenvalue weighted by Gasteiger charge is -2.25. The van der Waals surface area contributed by atoms with Crippen LogP contribution in [0.1, 0.15) is 10.7 Å². The van der Waals surface area contributed by atoms with Crippen LogP contribution in [0.3, 0.4) is 0 Å². The van der Waals surface area contributed by atoms with Gasteiger partial charge in [0.2, 0.25) is 0 Å². The zero-order valence-electron chi connectivity index (χ0n) is 13.7. The molecular weight excluding hydrogens is 300 g/mol. The second-order valence-electron chi connectivity index (χ2n) is 6.01. The van der Waals surface area contributed by atoms with Crippen molar-refractivity contribution in [1.82, 2.24) is 20.1 Å². The molecule has 124 valence electrons. The lowest BCUT2D eigenvalue weighted by molar-refractivity contribution is 0.112. The van der Waals surface area contributed by atoms with E-state index in [1.165, 1.54) is 0 Å². The summed E-state index contributed by atoms with van der Waals surface area (Å²) in [6, 6.07) is 0.00235. The number of nitrogens with zero attached hydrogens (tertiary/aromatic N) is 3. The van der Waals surface area contributed by atoms with Crippen molar-refractivity contribution < 1.29 is 9.53 Å². The van der Waals surface area contributed by atoms with Crippen LogP contribution in [0.15, 0.2) is 5.38 Å². The van der Waals surface area contributed by atoms with E-state index in [-0.39, 0.29) is 6.03 Å². The highest BCUT2D eigenvalue weighted by Crippen LogP contribution is 2.10. The van der Waals surface area contributed by atoms with Gasteiger partial charge in [-0.3, -0.25) is 0 Å². The summed E-state index contributed by atoms with van der Waals surface area (Å²) in [4.78, 5) is 20.7. The fourth-order valence-corrected chi connectivity index (χ4v) is 3.37. The maximum atomic E-state index is 12.3. The van der Waals surface area contributed by atoms with Crippen LogP contribution in [0.2, 0.25) is 0 Å². The van der Waals surface area contributed by atoms with Crippen molar-refractivity contribution in [3.05, 3.63) is 16.1 Å². The van der Waals surface area contributed by atoms with Crippen molar-refractivity contribution in [2.45, 2.75) is 13.3 Å². The molecule has 0 radical (unpaired) electrons. The Kier molecular flexibility index (Phi) is 6.60. The maximum Gasteiger partial charge on any atom is 0.317 e. The molecule has 2 heterocycles. The third-order valence-electron chi connectivity index (χ3n) is 3.53. The number of rotatable bonds is 5. The van der Waals surface area contributed by atoms with E-state index in [1.54, 1.807) is 11.3 Å². The molecule has 1 aromatic rings. The molecule has 1 saturated heterocycles. The summed E-state index contributed by atoms with van der Waals surface area (Å²) in [5.41, 5.74) is 1.04. The molecule has 0 saturated carbocycles. The number of amides is 2. The van der Waals surface area contributed by atoms with E-state index in [2.05, 4.69) is 15.2 Å². The van der Waals surface area contributed by atoms with E-state index in [0.29, 0.717) is 25.6 Å². The monoisotopic (exact) mass is 326 g/mol. The topological polar surface area (TPSA) is 57.7 Å². The summed E-state index contributed by atoms with van der Waals surface area (Å²) >= 11 is 1.65. The lowest BCUT2D eigenvalue weighted by atomic mass is 10.1. The number of thiazole rings is 1. The fourth-order valence-electron chi connectivity index (χ4n) is 2.60. The number of carbonyl (C=O) groups is 1. The summed E-state index contributed by atoms with van der Waals surface area (Å²) in [6.07, 6.45) is 0.787. The molecular formula is C15H26N4O2S. The van der Waals surface area contributed by atoms with E-state index in [4.69, 9.17) is 4.74 Å². The molecule has 1 aliphatic heterocycles. The first-order valence-electron chi connectivity index (χ1n) is 7.71. The Morgan fingerprint density at radius 2 is 2.41 bits per heavy atom. The summed E-state index contributed by atoms with van der Waals surface area (Å²) in [6.45, 7) is 6.29. The van der Waals surface area contributed by atoms with Gasteiger partial charge in [0, 0.05) is 49.6 Å². The van der Waals surface area contributed by atoms with Gasteiger partial charge in [0.25, 0.3) is 0 Å². The number of nitrogens with one attached hydrogen (secondary N) is 1. The Morgan fingerprint density at radius 1 is 1.59 bits per heavy atom. The van der Waals surface area contributed by atoms with E-state index < -0.39 is 0 Å². The molecule has 7 heteroatoms. The zero-order chi connectivity index (χ0) is 15.9. The van der Waals surface area contributed by atoms with Gasteiger partial charge in [-0.2, -0.15) is 0 Å². The molecule has 1 aliphatic rings. The fraction of sp³-hybridized carbons (Fsp3) is 0.733. The number of hydrogen-bond acceptors (Lipinski definition) is 5. The Labute approximate surface area is 136 Å². The third-order valence-corrected chi connectivity index (χ3v) is 4.56. The number of carbonyl (C=O) groups excluding carboxylic acids is 1. The van der Waals surface area contributed by atoms with Gasteiger partial charge in [0.15, 0.2) is 0 Å². The lowest BCUT2D eigenvalue weighted by Crippen LogP contribution is -2.44. The van der Waals surface area contributed by atoms with Crippen LogP contribution < -0.4 is 5.32 Å². The van der Waals surface area contributed by atoms with Gasteiger partial charge < -0.3 is 19.9 Å². The molecule has 1 unspecified atom stereocenters. The molecule has 2 rings (SSSR count). The van der Waals surface area contributed by atoms with Crippen LogP contribution in [0.5, 0.6) is 0 Å². The van der Waals surface area contributed by atoms with E-state index >= 15 is 0 Å². The van der Waals surface area contributed by atoms with Crippen LogP contribution in [0, 0.1) is 12.8 Å². The molecule has 1 atom stereocenters. The van der Waals surface area contributed by atoms with Gasteiger partial charge in [0.1, 0.15) is 0 Å². The molecule has 1 fully saturated rings. The molecule has 0 bridgehead atoms. The number of aromatic nitrogens is 1. The number of hydrogen-bond donors (Lipinski definition) is 1. The Hall–Kier alpha value is -1.18. The van der Waals surface area contributed by atoms with Crippen LogP contribution in [0.25, 0.3) is 0 Å². The Morgan fingerprint density at radius 3 is 3.09 bits per heavy atom. The summed E-state index contributed by atoms with van der Waals surface area (Å²) in [5.74, 6) is 0.366. The van der Waals surface area contributed by atoms with Crippen molar-refractivity contribution in [3.8, 4) is 0 Å². The van der Waals surface area contributed by atoms with Gasteiger partial charge in [-0.1, -0.05) is 0 Å². The van der Waals surface area contributed by atoms with Gasteiger partial charge in [0.05, 0.1) is 18.2 Å². The van der Waals surface area contributed by atoms with Gasteiger partial charge in [-0.15, -0.1) is 11.3 Å². The largest absolute Gasteiger partial charge is 0.379 e. The average Bonchev–Trinajstić information content (AvgIpc) is 2.72. The van der Waals surface area contributed by atoms with Gasteiger partial charge >= 0.3 is 6.03 Å². The molecule has 22 heavy (non-hydrogen) atoms. The highest BCUT2D eigenvalue weighted by atomic mass is 32.1. The highest BCUT2D eigenvalue weighted by molar-refractivity contribution is 7.09. The summed E-state index contributed by atoms with van der Waals surface area (Å²) < 4.78 is 5.61. The van der Waals surface area contributed by atoms with Crippen molar-refractivity contribution in [2.75, 3.05) is 53.5 Å². The van der Waals surface area contributed by atoms with Crippen molar-refractivity contribution in [1.29, 1.82) is 0 Å². The average molecular weight is 326 g/mol.